The molecule has 21 heavy (non-hydrogen) atoms. The molecule has 0 saturated carbocycles. The predicted molar refractivity (Wildman–Crippen MR) is 81.5 cm³/mol. The van der Waals surface area contributed by atoms with Crippen molar-refractivity contribution in [2.24, 2.45) is 5.92 Å². The van der Waals surface area contributed by atoms with Gasteiger partial charge < -0.3 is 9.84 Å². The molecule has 0 fully saturated rings. The van der Waals surface area contributed by atoms with E-state index in [9.17, 15) is 13.2 Å². The SMILES string of the molecule is Cc1sc(C(=O)O)cc1S(=O)(=O)NCCCOCC(C)C. The second kappa shape index (κ2) is 7.88. The lowest BCUT2D eigenvalue weighted by atomic mass is 10.2. The quantitative estimate of drug-likeness (QED) is 0.674. The standard InChI is InChI=1S/C13H21NO5S2/c1-9(2)8-19-6-4-5-14-21(17,18)12-7-11(13(15)16)20-10(12)3/h7,9,14H,4-6,8H2,1-3H3,(H,15,16). The molecule has 2 N–H and O–H groups in total. The van der Waals surface area contributed by atoms with Crippen molar-refractivity contribution >= 4 is 27.3 Å². The third-order valence-corrected chi connectivity index (χ3v) is 5.34. The summed E-state index contributed by atoms with van der Waals surface area (Å²) in [6, 6.07) is 1.19. The van der Waals surface area contributed by atoms with Gasteiger partial charge in [0.25, 0.3) is 0 Å². The summed E-state index contributed by atoms with van der Waals surface area (Å²) in [4.78, 5) is 11.4. The molecule has 1 aromatic heterocycles. The van der Waals surface area contributed by atoms with Crippen LogP contribution in [0.4, 0.5) is 0 Å². The number of carbonyl (C=O) groups is 1. The summed E-state index contributed by atoms with van der Waals surface area (Å²) in [5.41, 5.74) is 0. The van der Waals surface area contributed by atoms with Crippen molar-refractivity contribution in [1.82, 2.24) is 4.72 Å². The van der Waals surface area contributed by atoms with Gasteiger partial charge >= 0.3 is 5.97 Å². The molecule has 0 unspecified atom stereocenters. The van der Waals surface area contributed by atoms with Crippen LogP contribution in [-0.2, 0) is 14.8 Å². The summed E-state index contributed by atoms with van der Waals surface area (Å²) < 4.78 is 32.0. The third kappa shape index (κ3) is 5.74. The van der Waals surface area contributed by atoms with Crippen LogP contribution in [0.5, 0.6) is 0 Å². The summed E-state index contributed by atoms with van der Waals surface area (Å²) in [6.07, 6.45) is 0.570. The first kappa shape index (κ1) is 18.1. The molecule has 0 aliphatic carbocycles. The fraction of sp³-hybridized carbons (Fsp3) is 0.615. The Labute approximate surface area is 129 Å². The molecule has 0 amide bonds. The van der Waals surface area contributed by atoms with E-state index in [-0.39, 0.29) is 16.3 Å². The van der Waals surface area contributed by atoms with Crippen LogP contribution in [-0.4, -0.2) is 39.3 Å². The van der Waals surface area contributed by atoms with E-state index in [0.717, 1.165) is 11.3 Å². The largest absolute Gasteiger partial charge is 0.477 e. The molecule has 0 aromatic carbocycles. The molecule has 8 heteroatoms. The van der Waals surface area contributed by atoms with Crippen molar-refractivity contribution in [1.29, 1.82) is 0 Å². The zero-order chi connectivity index (χ0) is 16.0. The summed E-state index contributed by atoms with van der Waals surface area (Å²) in [5.74, 6) is -0.670. The van der Waals surface area contributed by atoms with Crippen LogP contribution in [0, 0.1) is 12.8 Å². The van der Waals surface area contributed by atoms with Gasteiger partial charge in [-0.05, 0) is 25.3 Å². The van der Waals surface area contributed by atoms with E-state index in [1.54, 1.807) is 6.92 Å². The number of carboxylic acids is 1. The van der Waals surface area contributed by atoms with E-state index in [1.165, 1.54) is 6.07 Å². The smallest absolute Gasteiger partial charge is 0.345 e. The lowest BCUT2D eigenvalue weighted by Crippen LogP contribution is -2.26. The first-order valence-electron chi connectivity index (χ1n) is 6.65. The molecule has 6 nitrogen and oxygen atoms in total. The monoisotopic (exact) mass is 335 g/mol. The molecule has 1 heterocycles. The minimum absolute atomic E-state index is 0.0214. The lowest BCUT2D eigenvalue weighted by Gasteiger charge is -2.08. The van der Waals surface area contributed by atoms with Crippen LogP contribution in [0.25, 0.3) is 0 Å². The topological polar surface area (TPSA) is 92.7 Å². The maximum Gasteiger partial charge on any atom is 0.345 e. The highest BCUT2D eigenvalue weighted by atomic mass is 32.2. The van der Waals surface area contributed by atoms with Crippen LogP contribution in [0.2, 0.25) is 0 Å². The Hall–Kier alpha value is -0.960. The van der Waals surface area contributed by atoms with Crippen molar-refractivity contribution < 1.29 is 23.1 Å². The summed E-state index contributed by atoms with van der Waals surface area (Å²) in [5, 5.41) is 8.88. The molecular weight excluding hydrogens is 314 g/mol. The van der Waals surface area contributed by atoms with E-state index in [2.05, 4.69) is 4.72 Å². The number of rotatable bonds is 9. The second-order valence-electron chi connectivity index (χ2n) is 5.06. The van der Waals surface area contributed by atoms with Gasteiger partial charge in [0.05, 0.1) is 4.90 Å². The highest BCUT2D eigenvalue weighted by Gasteiger charge is 2.21. The van der Waals surface area contributed by atoms with Gasteiger partial charge in [-0.1, -0.05) is 13.8 Å². The minimum Gasteiger partial charge on any atom is -0.477 e. The predicted octanol–water partition coefficient (Wildman–Crippen LogP) is 2.10. The molecule has 0 radical (unpaired) electrons. The summed E-state index contributed by atoms with van der Waals surface area (Å²) >= 11 is 0.956. The first-order chi connectivity index (χ1) is 9.74. The van der Waals surface area contributed by atoms with E-state index in [0.29, 0.717) is 30.4 Å². The third-order valence-electron chi connectivity index (χ3n) is 2.58. The molecule has 0 bridgehead atoms. The number of aromatic carboxylic acids is 1. The Bertz CT molecular complexity index is 577. The number of hydrogen-bond acceptors (Lipinski definition) is 5. The maximum atomic E-state index is 12.1. The molecule has 0 saturated heterocycles. The Kier molecular flexibility index (Phi) is 6.79. The van der Waals surface area contributed by atoms with Crippen molar-refractivity contribution in [2.75, 3.05) is 19.8 Å². The summed E-state index contributed by atoms with van der Waals surface area (Å²) in [7, 11) is -3.67. The van der Waals surface area contributed by atoms with Gasteiger partial charge in [-0.2, -0.15) is 0 Å². The highest BCUT2D eigenvalue weighted by Crippen LogP contribution is 2.25. The molecule has 120 valence electrons. The van der Waals surface area contributed by atoms with E-state index in [4.69, 9.17) is 9.84 Å². The van der Waals surface area contributed by atoms with Gasteiger partial charge in [0.15, 0.2) is 0 Å². The fourth-order valence-electron chi connectivity index (χ4n) is 1.62. The molecule has 1 aromatic rings. The minimum atomic E-state index is -3.67. The molecule has 1 rings (SSSR count). The number of hydrogen-bond donors (Lipinski definition) is 2. The van der Waals surface area contributed by atoms with Crippen molar-refractivity contribution in [3.63, 3.8) is 0 Å². The van der Waals surface area contributed by atoms with Crippen molar-refractivity contribution in [2.45, 2.75) is 32.1 Å². The number of thiophene rings is 1. The number of nitrogens with one attached hydrogen (secondary N) is 1. The van der Waals surface area contributed by atoms with E-state index in [1.807, 2.05) is 13.8 Å². The van der Waals surface area contributed by atoms with E-state index >= 15 is 0 Å². The van der Waals surface area contributed by atoms with Crippen LogP contribution in [0.3, 0.4) is 0 Å². The summed E-state index contributed by atoms with van der Waals surface area (Å²) in [6.45, 7) is 7.09. The Morgan fingerprint density at radius 1 is 1.48 bits per heavy atom. The Morgan fingerprint density at radius 3 is 2.67 bits per heavy atom. The van der Waals surface area contributed by atoms with Crippen LogP contribution >= 0.6 is 11.3 Å². The average Bonchev–Trinajstić information content (AvgIpc) is 2.76. The van der Waals surface area contributed by atoms with Crippen LogP contribution in [0.15, 0.2) is 11.0 Å². The zero-order valence-electron chi connectivity index (χ0n) is 12.4. The fourth-order valence-corrected chi connectivity index (χ4v) is 4.12. The van der Waals surface area contributed by atoms with Crippen LogP contribution in [0.1, 0.15) is 34.8 Å². The molecular formula is C13H21NO5S2. The van der Waals surface area contributed by atoms with Gasteiger partial charge in [0.2, 0.25) is 10.0 Å². The normalized spacial score (nSPS) is 12.0. The second-order valence-corrected chi connectivity index (χ2v) is 8.05. The molecule has 0 aliphatic heterocycles. The lowest BCUT2D eigenvalue weighted by molar-refractivity contribution is 0.0702. The molecule has 0 spiro atoms. The van der Waals surface area contributed by atoms with Crippen LogP contribution < -0.4 is 4.72 Å². The van der Waals surface area contributed by atoms with Gasteiger partial charge in [-0.3, -0.25) is 0 Å². The van der Waals surface area contributed by atoms with Gasteiger partial charge in [-0.25, -0.2) is 17.9 Å². The zero-order valence-corrected chi connectivity index (χ0v) is 14.0. The Morgan fingerprint density at radius 2 is 2.14 bits per heavy atom. The maximum absolute atomic E-state index is 12.1. The highest BCUT2D eigenvalue weighted by molar-refractivity contribution is 7.89. The number of carboxylic acid groups (broad SMARTS) is 1. The van der Waals surface area contributed by atoms with E-state index < -0.39 is 16.0 Å². The van der Waals surface area contributed by atoms with Gasteiger partial charge in [0.1, 0.15) is 4.88 Å². The van der Waals surface area contributed by atoms with Gasteiger partial charge in [0, 0.05) is 24.6 Å². The molecule has 0 aliphatic rings. The van der Waals surface area contributed by atoms with Crippen molar-refractivity contribution in [3.05, 3.63) is 15.8 Å². The number of aryl methyl sites for hydroxylation is 1. The first-order valence-corrected chi connectivity index (χ1v) is 8.95. The Balaban J connectivity index is 2.52. The van der Waals surface area contributed by atoms with Crippen molar-refractivity contribution in [3.8, 4) is 0 Å². The van der Waals surface area contributed by atoms with Gasteiger partial charge in [-0.15, -0.1) is 11.3 Å². The molecule has 0 atom stereocenters. The number of ether oxygens (including phenoxy) is 1. The average molecular weight is 335 g/mol. The number of sulfonamides is 1.